The zero-order chi connectivity index (χ0) is 15.1. The summed E-state index contributed by atoms with van der Waals surface area (Å²) < 4.78 is 12.0. The van der Waals surface area contributed by atoms with Crippen molar-refractivity contribution in [2.75, 3.05) is 12.8 Å². The van der Waals surface area contributed by atoms with Gasteiger partial charge in [-0.2, -0.15) is 0 Å². The van der Waals surface area contributed by atoms with Crippen molar-refractivity contribution in [2.45, 2.75) is 38.9 Å². The van der Waals surface area contributed by atoms with Crippen molar-refractivity contribution in [3.63, 3.8) is 0 Å². The van der Waals surface area contributed by atoms with E-state index in [9.17, 15) is 0 Å². The van der Waals surface area contributed by atoms with Crippen LogP contribution in [0.2, 0.25) is 5.02 Å². The quantitative estimate of drug-likeness (QED) is 0.517. The molecule has 20 heavy (non-hydrogen) atoms. The van der Waals surface area contributed by atoms with E-state index in [1.165, 1.54) is 0 Å². The van der Waals surface area contributed by atoms with Gasteiger partial charge in [-0.15, -0.1) is 0 Å². The molecule has 1 saturated heterocycles. The number of nitrogens with two attached hydrogens (primary N) is 1. The summed E-state index contributed by atoms with van der Waals surface area (Å²) in [6.07, 6.45) is 1.65. The van der Waals surface area contributed by atoms with E-state index in [0.29, 0.717) is 16.3 Å². The molecule has 0 aliphatic carbocycles. The molecule has 1 aliphatic rings. The highest BCUT2D eigenvalue weighted by Crippen LogP contribution is 2.37. The Morgan fingerprint density at radius 3 is 2.25 bits per heavy atom. The number of rotatable bonds is 2. The maximum Gasteiger partial charge on any atom is 0.496 e. The van der Waals surface area contributed by atoms with Crippen LogP contribution in [0.4, 0.5) is 5.69 Å². The lowest BCUT2D eigenvalue weighted by molar-refractivity contribution is 0.00578. The molecule has 6 heteroatoms. The Labute approximate surface area is 125 Å². The molecular weight excluding hydrogens is 274 g/mol. The first kappa shape index (κ1) is 15.4. The Morgan fingerprint density at radius 1 is 1.20 bits per heavy atom. The van der Waals surface area contributed by atoms with E-state index in [2.05, 4.69) is 4.99 Å². The second kappa shape index (κ2) is 5.06. The second-order valence-electron chi connectivity index (χ2n) is 5.95. The third kappa shape index (κ3) is 2.46. The molecule has 0 atom stereocenters. The van der Waals surface area contributed by atoms with Crippen LogP contribution in [0.25, 0.3) is 0 Å². The maximum absolute atomic E-state index is 6.43. The van der Waals surface area contributed by atoms with Gasteiger partial charge in [0.25, 0.3) is 0 Å². The van der Waals surface area contributed by atoms with Crippen LogP contribution in [0.15, 0.2) is 17.1 Å². The van der Waals surface area contributed by atoms with Crippen LogP contribution >= 0.6 is 11.6 Å². The van der Waals surface area contributed by atoms with Gasteiger partial charge in [-0.3, -0.25) is 4.99 Å². The molecule has 1 fully saturated rings. The van der Waals surface area contributed by atoms with Crippen LogP contribution in [0, 0.1) is 0 Å². The fourth-order valence-corrected chi connectivity index (χ4v) is 2.35. The molecule has 0 radical (unpaired) electrons. The van der Waals surface area contributed by atoms with Gasteiger partial charge >= 0.3 is 7.12 Å². The normalized spacial score (nSPS) is 20.8. The highest BCUT2D eigenvalue weighted by atomic mass is 35.5. The van der Waals surface area contributed by atoms with Gasteiger partial charge in [0.1, 0.15) is 0 Å². The largest absolute Gasteiger partial charge is 0.496 e. The van der Waals surface area contributed by atoms with Crippen molar-refractivity contribution in [1.29, 1.82) is 0 Å². The molecule has 0 spiro atoms. The molecule has 0 saturated carbocycles. The minimum absolute atomic E-state index is 0.401. The standard InChI is InChI=1S/C14H20BClN2O2/c1-13(2)14(3,4)20-15(19-13)10-6-7-11(17)9(8-18-5)12(10)16/h6-8H,17H2,1-5H3. The number of benzene rings is 1. The first-order chi connectivity index (χ1) is 9.19. The third-order valence-corrected chi connectivity index (χ3v) is 4.43. The number of hydrogen-bond donors (Lipinski definition) is 1. The number of nitrogens with zero attached hydrogens (tertiary/aromatic N) is 1. The molecule has 1 heterocycles. The Bertz CT molecular complexity index is 542. The molecular formula is C14H20BClN2O2. The summed E-state index contributed by atoms with van der Waals surface area (Å²) in [4.78, 5) is 3.98. The van der Waals surface area contributed by atoms with Gasteiger partial charge in [0.15, 0.2) is 0 Å². The molecule has 0 aromatic heterocycles. The highest BCUT2D eigenvalue weighted by molar-refractivity contribution is 6.66. The summed E-state index contributed by atoms with van der Waals surface area (Å²) in [5, 5.41) is 0.522. The van der Waals surface area contributed by atoms with Crippen LogP contribution in [-0.2, 0) is 9.31 Å². The zero-order valence-corrected chi connectivity index (χ0v) is 13.3. The summed E-state index contributed by atoms with van der Waals surface area (Å²) in [5.41, 5.74) is 7.17. The van der Waals surface area contributed by atoms with Crippen molar-refractivity contribution >= 4 is 36.1 Å². The summed E-state index contributed by atoms with van der Waals surface area (Å²) in [6.45, 7) is 8.03. The number of halogens is 1. The lowest BCUT2D eigenvalue weighted by atomic mass is 9.78. The Kier molecular flexibility index (Phi) is 3.89. The van der Waals surface area contributed by atoms with E-state index in [1.54, 1.807) is 19.3 Å². The van der Waals surface area contributed by atoms with Gasteiger partial charge in [-0.25, -0.2) is 0 Å². The summed E-state index contributed by atoms with van der Waals surface area (Å²) in [7, 11) is 1.18. The number of hydrogen-bond acceptors (Lipinski definition) is 4. The molecule has 0 amide bonds. The molecule has 1 aliphatic heterocycles. The average Bonchev–Trinajstić information content (AvgIpc) is 2.53. The maximum atomic E-state index is 6.43. The third-order valence-electron chi connectivity index (χ3n) is 4.01. The van der Waals surface area contributed by atoms with Gasteiger partial charge in [0.2, 0.25) is 0 Å². The molecule has 0 bridgehead atoms. The van der Waals surface area contributed by atoms with Gasteiger partial charge in [0, 0.05) is 30.0 Å². The predicted octanol–water partition coefficient (Wildman–Crippen LogP) is 2.27. The highest BCUT2D eigenvalue weighted by Gasteiger charge is 2.52. The van der Waals surface area contributed by atoms with Crippen molar-refractivity contribution in [3.05, 3.63) is 22.7 Å². The van der Waals surface area contributed by atoms with Crippen LogP contribution in [0.3, 0.4) is 0 Å². The van der Waals surface area contributed by atoms with Crippen molar-refractivity contribution in [1.82, 2.24) is 0 Å². The smallest absolute Gasteiger partial charge is 0.399 e. The van der Waals surface area contributed by atoms with Crippen LogP contribution in [-0.4, -0.2) is 31.6 Å². The molecule has 1 aromatic carbocycles. The topological polar surface area (TPSA) is 56.8 Å². The Hall–Kier alpha value is -1.04. The number of anilines is 1. The van der Waals surface area contributed by atoms with Crippen molar-refractivity contribution in [2.24, 2.45) is 4.99 Å². The molecule has 4 nitrogen and oxygen atoms in total. The van der Waals surface area contributed by atoms with Crippen molar-refractivity contribution in [3.8, 4) is 0 Å². The minimum Gasteiger partial charge on any atom is -0.399 e. The van der Waals surface area contributed by atoms with E-state index in [1.807, 2.05) is 33.8 Å². The Morgan fingerprint density at radius 2 is 1.75 bits per heavy atom. The van der Waals surface area contributed by atoms with E-state index < -0.39 is 18.3 Å². The van der Waals surface area contributed by atoms with E-state index in [4.69, 9.17) is 26.6 Å². The lowest BCUT2D eigenvalue weighted by Gasteiger charge is -2.32. The van der Waals surface area contributed by atoms with Crippen molar-refractivity contribution < 1.29 is 9.31 Å². The molecule has 2 N–H and O–H groups in total. The van der Waals surface area contributed by atoms with Crippen LogP contribution in [0.1, 0.15) is 33.3 Å². The van der Waals surface area contributed by atoms with Crippen LogP contribution in [0.5, 0.6) is 0 Å². The molecule has 108 valence electrons. The number of nitrogen functional groups attached to an aromatic ring is 1. The predicted molar refractivity (Wildman–Crippen MR) is 85.1 cm³/mol. The van der Waals surface area contributed by atoms with E-state index >= 15 is 0 Å². The summed E-state index contributed by atoms with van der Waals surface area (Å²) >= 11 is 6.43. The zero-order valence-electron chi connectivity index (χ0n) is 12.5. The average molecular weight is 295 g/mol. The van der Waals surface area contributed by atoms with Gasteiger partial charge in [-0.1, -0.05) is 17.7 Å². The van der Waals surface area contributed by atoms with Gasteiger partial charge in [-0.05, 0) is 33.8 Å². The number of aliphatic imine (C=N–C) groups is 1. The first-order valence-corrected chi connectivity index (χ1v) is 6.93. The lowest BCUT2D eigenvalue weighted by Crippen LogP contribution is -2.41. The summed E-state index contributed by atoms with van der Waals surface area (Å²) in [6, 6.07) is 3.64. The molecule has 2 rings (SSSR count). The molecule has 1 aromatic rings. The fourth-order valence-electron chi connectivity index (χ4n) is 2.04. The fraction of sp³-hybridized carbons (Fsp3) is 0.500. The van der Waals surface area contributed by atoms with Crippen LogP contribution < -0.4 is 11.2 Å². The first-order valence-electron chi connectivity index (χ1n) is 6.55. The second-order valence-corrected chi connectivity index (χ2v) is 6.33. The molecule has 0 unspecified atom stereocenters. The Balaban J connectivity index is 2.44. The minimum atomic E-state index is -0.503. The monoisotopic (exact) mass is 294 g/mol. The van der Waals surface area contributed by atoms with E-state index in [-0.39, 0.29) is 0 Å². The van der Waals surface area contributed by atoms with E-state index in [0.717, 1.165) is 5.46 Å². The SMILES string of the molecule is CN=Cc1c(N)ccc(B2OC(C)(C)C(C)(C)O2)c1Cl. The summed E-state index contributed by atoms with van der Waals surface area (Å²) in [5.74, 6) is 0. The van der Waals surface area contributed by atoms with Gasteiger partial charge < -0.3 is 15.0 Å². The van der Waals surface area contributed by atoms with Gasteiger partial charge in [0.05, 0.1) is 16.2 Å².